The number of amides is 1. The minimum absolute atomic E-state index is 0.524. The number of primary amides is 1. The van der Waals surface area contributed by atoms with E-state index in [1.165, 1.54) is 4.57 Å². The Morgan fingerprint density at radius 1 is 0.950 bits per heavy atom. The number of para-hydroxylation sites is 1. The number of hydrogen-bond acceptors (Lipinski definition) is 1. The molecule has 2 aromatic carbocycles. The van der Waals surface area contributed by atoms with Gasteiger partial charge in [0, 0.05) is 10.9 Å². The maximum atomic E-state index is 11.6. The van der Waals surface area contributed by atoms with E-state index in [-0.39, 0.29) is 0 Å². The maximum Gasteiger partial charge on any atom is 0.324 e. The highest BCUT2D eigenvalue weighted by atomic mass is 16.2. The van der Waals surface area contributed by atoms with E-state index in [1.807, 2.05) is 60.7 Å². The number of hydrogen-bond donors (Lipinski definition) is 1. The van der Waals surface area contributed by atoms with Gasteiger partial charge >= 0.3 is 6.03 Å². The summed E-state index contributed by atoms with van der Waals surface area (Å²) in [4.78, 5) is 11.6. The van der Waals surface area contributed by atoms with Gasteiger partial charge in [0.25, 0.3) is 0 Å². The van der Waals surface area contributed by atoms with Crippen LogP contribution < -0.4 is 5.73 Å². The fourth-order valence-corrected chi connectivity index (χ4v) is 2.14. The smallest absolute Gasteiger partial charge is 0.324 e. The molecule has 1 aromatic heterocycles. The Bertz CT molecular complexity index is 836. The number of carbonyl (C=O) groups excluding carboxylic acids is 1. The lowest BCUT2D eigenvalue weighted by atomic mass is 10.2. The Hall–Kier alpha value is -2.99. The summed E-state index contributed by atoms with van der Waals surface area (Å²) in [6.07, 6.45) is 0. The quantitative estimate of drug-likeness (QED) is 0.621. The standard InChI is InChI=1S/C17H12N2O/c18-17(20)19-15(11-10-13-6-2-1-3-7-13)12-14-8-4-5-9-16(14)19/h1-9,12H,(H2,18,20). The Balaban J connectivity index is 2.15. The third kappa shape index (κ3) is 2.15. The van der Waals surface area contributed by atoms with Crippen molar-refractivity contribution in [2.45, 2.75) is 0 Å². The van der Waals surface area contributed by atoms with Crippen LogP contribution in [0.15, 0.2) is 60.7 Å². The number of aromatic nitrogens is 1. The molecule has 0 spiro atoms. The second kappa shape index (κ2) is 4.94. The average Bonchev–Trinajstić information content (AvgIpc) is 2.84. The molecule has 3 heteroatoms. The van der Waals surface area contributed by atoms with Crippen LogP contribution in [-0.2, 0) is 0 Å². The highest BCUT2D eigenvalue weighted by molar-refractivity contribution is 5.93. The zero-order chi connectivity index (χ0) is 13.9. The molecule has 0 saturated heterocycles. The van der Waals surface area contributed by atoms with Crippen LogP contribution in [0.5, 0.6) is 0 Å². The van der Waals surface area contributed by atoms with Crippen molar-refractivity contribution in [1.82, 2.24) is 4.57 Å². The molecule has 1 heterocycles. The van der Waals surface area contributed by atoms with Crippen LogP contribution in [0.25, 0.3) is 10.9 Å². The molecule has 0 unspecified atom stereocenters. The van der Waals surface area contributed by atoms with Gasteiger partial charge in [-0.05, 0) is 30.2 Å². The SMILES string of the molecule is NC(=O)n1c(C#Cc2ccccc2)cc2ccccc21. The number of rotatable bonds is 0. The minimum atomic E-state index is -0.524. The second-order valence-corrected chi connectivity index (χ2v) is 4.38. The first-order valence-corrected chi connectivity index (χ1v) is 6.23. The summed E-state index contributed by atoms with van der Waals surface area (Å²) in [5, 5.41) is 0.948. The molecule has 3 nitrogen and oxygen atoms in total. The van der Waals surface area contributed by atoms with Crippen molar-refractivity contribution in [1.29, 1.82) is 0 Å². The van der Waals surface area contributed by atoms with E-state index >= 15 is 0 Å². The van der Waals surface area contributed by atoms with E-state index < -0.39 is 6.03 Å². The first kappa shape index (κ1) is 12.1. The summed E-state index contributed by atoms with van der Waals surface area (Å²) < 4.78 is 1.44. The number of nitrogens with two attached hydrogens (primary N) is 1. The molecule has 2 N–H and O–H groups in total. The van der Waals surface area contributed by atoms with Gasteiger partial charge in [0.2, 0.25) is 0 Å². The molecule has 0 aliphatic rings. The van der Waals surface area contributed by atoms with E-state index in [0.29, 0.717) is 5.69 Å². The van der Waals surface area contributed by atoms with Crippen molar-refractivity contribution in [2.75, 3.05) is 0 Å². The third-order valence-corrected chi connectivity index (χ3v) is 3.04. The van der Waals surface area contributed by atoms with Crippen LogP contribution in [0.2, 0.25) is 0 Å². The molecule has 3 aromatic rings. The molecule has 0 saturated carbocycles. The number of benzene rings is 2. The number of nitrogens with zero attached hydrogens (tertiary/aromatic N) is 1. The van der Waals surface area contributed by atoms with Gasteiger partial charge in [0.1, 0.15) is 5.69 Å². The van der Waals surface area contributed by atoms with Crippen molar-refractivity contribution < 1.29 is 4.79 Å². The molecule has 96 valence electrons. The van der Waals surface area contributed by atoms with Crippen molar-refractivity contribution in [3.05, 3.63) is 71.9 Å². The fourth-order valence-electron chi connectivity index (χ4n) is 2.14. The van der Waals surface area contributed by atoms with Crippen LogP contribution in [0, 0.1) is 11.8 Å². The lowest BCUT2D eigenvalue weighted by Gasteiger charge is -2.00. The van der Waals surface area contributed by atoms with Gasteiger partial charge in [-0.15, -0.1) is 0 Å². The number of fused-ring (bicyclic) bond motifs is 1. The molecular weight excluding hydrogens is 248 g/mol. The van der Waals surface area contributed by atoms with Crippen LogP contribution in [0.3, 0.4) is 0 Å². The highest BCUT2D eigenvalue weighted by Gasteiger charge is 2.10. The molecular formula is C17H12N2O. The van der Waals surface area contributed by atoms with Crippen molar-refractivity contribution in [3.8, 4) is 11.8 Å². The van der Waals surface area contributed by atoms with Gasteiger partial charge < -0.3 is 5.73 Å². The Labute approximate surface area is 116 Å². The zero-order valence-corrected chi connectivity index (χ0v) is 10.7. The minimum Gasteiger partial charge on any atom is -0.351 e. The van der Waals surface area contributed by atoms with Gasteiger partial charge in [-0.25, -0.2) is 4.79 Å². The average molecular weight is 260 g/mol. The molecule has 0 fully saturated rings. The summed E-state index contributed by atoms with van der Waals surface area (Å²) in [5.41, 5.74) is 7.72. The number of carbonyl (C=O) groups is 1. The predicted molar refractivity (Wildman–Crippen MR) is 79.3 cm³/mol. The molecule has 1 amide bonds. The zero-order valence-electron chi connectivity index (χ0n) is 10.7. The van der Waals surface area contributed by atoms with Gasteiger partial charge in [-0.1, -0.05) is 42.3 Å². The van der Waals surface area contributed by atoms with E-state index in [4.69, 9.17) is 5.73 Å². The lowest BCUT2D eigenvalue weighted by molar-refractivity contribution is 0.251. The van der Waals surface area contributed by atoms with Crippen LogP contribution in [0.1, 0.15) is 11.3 Å². The Morgan fingerprint density at radius 3 is 2.40 bits per heavy atom. The van der Waals surface area contributed by atoms with E-state index in [2.05, 4.69) is 11.8 Å². The third-order valence-electron chi connectivity index (χ3n) is 3.04. The van der Waals surface area contributed by atoms with E-state index in [0.717, 1.165) is 16.5 Å². The molecule has 0 atom stereocenters. The van der Waals surface area contributed by atoms with Crippen molar-refractivity contribution >= 4 is 16.9 Å². The van der Waals surface area contributed by atoms with E-state index in [9.17, 15) is 4.79 Å². The molecule has 0 bridgehead atoms. The van der Waals surface area contributed by atoms with Gasteiger partial charge in [0.15, 0.2) is 0 Å². The van der Waals surface area contributed by atoms with Gasteiger partial charge in [-0.2, -0.15) is 0 Å². The molecule has 0 aliphatic heterocycles. The summed E-state index contributed by atoms with van der Waals surface area (Å²) in [6, 6.07) is 18.6. The van der Waals surface area contributed by atoms with Gasteiger partial charge in [0.05, 0.1) is 5.52 Å². The largest absolute Gasteiger partial charge is 0.351 e. The first-order chi connectivity index (χ1) is 9.75. The highest BCUT2D eigenvalue weighted by Crippen LogP contribution is 2.18. The summed E-state index contributed by atoms with van der Waals surface area (Å²) in [7, 11) is 0. The fraction of sp³-hybridized carbons (Fsp3) is 0. The van der Waals surface area contributed by atoms with Crippen LogP contribution in [-0.4, -0.2) is 10.6 Å². The molecule has 0 radical (unpaired) electrons. The first-order valence-electron chi connectivity index (χ1n) is 6.23. The molecule has 0 aliphatic carbocycles. The lowest BCUT2D eigenvalue weighted by Crippen LogP contribution is -2.20. The Kier molecular flexibility index (Phi) is 2.98. The van der Waals surface area contributed by atoms with Crippen molar-refractivity contribution in [2.24, 2.45) is 5.73 Å². The topological polar surface area (TPSA) is 48.0 Å². The van der Waals surface area contributed by atoms with Crippen LogP contribution in [0.4, 0.5) is 4.79 Å². The summed E-state index contributed by atoms with van der Waals surface area (Å²) in [5.74, 6) is 6.05. The molecule has 3 rings (SSSR count). The van der Waals surface area contributed by atoms with Crippen LogP contribution >= 0.6 is 0 Å². The maximum absolute atomic E-state index is 11.6. The summed E-state index contributed by atoms with van der Waals surface area (Å²) in [6.45, 7) is 0. The normalized spacial score (nSPS) is 10.0. The summed E-state index contributed by atoms with van der Waals surface area (Å²) >= 11 is 0. The molecule has 20 heavy (non-hydrogen) atoms. The Morgan fingerprint density at radius 2 is 1.65 bits per heavy atom. The second-order valence-electron chi connectivity index (χ2n) is 4.38. The van der Waals surface area contributed by atoms with E-state index in [1.54, 1.807) is 0 Å². The monoisotopic (exact) mass is 260 g/mol. The predicted octanol–water partition coefficient (Wildman–Crippen LogP) is 2.97. The van der Waals surface area contributed by atoms with Crippen molar-refractivity contribution in [3.63, 3.8) is 0 Å². The van der Waals surface area contributed by atoms with Gasteiger partial charge in [-0.3, -0.25) is 4.57 Å².